The zero-order valence-corrected chi connectivity index (χ0v) is 22.6. The van der Waals surface area contributed by atoms with Crippen LogP contribution in [0.15, 0.2) is 42.5 Å². The second-order valence-corrected chi connectivity index (χ2v) is 9.42. The number of carboxylic acids is 1. The van der Waals surface area contributed by atoms with E-state index >= 15 is 0 Å². The average molecular weight is 489 g/mol. The molecule has 196 valence electrons. The van der Waals surface area contributed by atoms with Gasteiger partial charge in [0.05, 0.1) is 18.4 Å². The number of rotatable bonds is 8. The van der Waals surface area contributed by atoms with E-state index in [1.54, 1.807) is 13.0 Å². The van der Waals surface area contributed by atoms with Crippen LogP contribution in [0, 0.1) is 11.3 Å². The number of phenolic OH excluding ortho intramolecular Hbond substituents is 2. The lowest BCUT2D eigenvalue weighted by Gasteiger charge is -2.17. The maximum Gasteiger partial charge on any atom is 0.311 e. The van der Waals surface area contributed by atoms with Gasteiger partial charge in [-0.15, -0.1) is 0 Å². The summed E-state index contributed by atoms with van der Waals surface area (Å²) in [4.78, 5) is 20.8. The quantitative estimate of drug-likeness (QED) is 0.275. The third-order valence-corrected chi connectivity index (χ3v) is 6.27. The Morgan fingerprint density at radius 2 is 1.51 bits per heavy atom. The van der Waals surface area contributed by atoms with Gasteiger partial charge in [0.15, 0.2) is 0 Å². The lowest BCUT2D eigenvalue weighted by molar-refractivity contribution is -0.150. The predicted molar refractivity (Wildman–Crippen MR) is 141 cm³/mol. The summed E-state index contributed by atoms with van der Waals surface area (Å²) < 4.78 is 4.57. The van der Waals surface area contributed by atoms with Crippen molar-refractivity contribution in [3.63, 3.8) is 0 Å². The number of carbonyl (C=O) groups excluding carboxylic acids is 1. The van der Waals surface area contributed by atoms with Crippen molar-refractivity contribution in [2.75, 3.05) is 7.11 Å². The lowest BCUT2D eigenvalue weighted by Crippen LogP contribution is -2.24. The first kappa shape index (κ1) is 32.0. The van der Waals surface area contributed by atoms with Crippen LogP contribution >= 0.6 is 0 Å². The molecule has 2 rings (SSSR count). The third kappa shape index (κ3) is 11.8. The number of aromatic hydroxyl groups is 2. The molecule has 0 bridgehead atoms. The average Bonchev–Trinajstić information content (AvgIpc) is 2.85. The number of hydrogen-bond acceptors (Lipinski definition) is 5. The Labute approximate surface area is 211 Å². The fourth-order valence-electron chi connectivity index (χ4n) is 2.73. The Balaban J connectivity index is 0.000000602. The number of methoxy groups -OCH3 is 1. The number of aliphatic carboxylic acids is 1. The molecule has 0 heterocycles. The monoisotopic (exact) mass is 488 g/mol. The molecule has 2 atom stereocenters. The molecule has 0 aliphatic heterocycles. The number of hydrogen-bond donors (Lipinski definition) is 3. The van der Waals surface area contributed by atoms with Gasteiger partial charge in [-0.1, -0.05) is 58.9 Å². The van der Waals surface area contributed by atoms with Gasteiger partial charge in [0, 0.05) is 12.0 Å². The predicted octanol–water partition coefficient (Wildman–Crippen LogP) is 6.91. The van der Waals surface area contributed by atoms with Crippen LogP contribution in [0.25, 0.3) is 0 Å². The van der Waals surface area contributed by atoms with Gasteiger partial charge in [0.2, 0.25) is 0 Å². The number of carboxylic acid groups (broad SMARTS) is 1. The van der Waals surface area contributed by atoms with Gasteiger partial charge in [-0.3, -0.25) is 9.59 Å². The van der Waals surface area contributed by atoms with Crippen molar-refractivity contribution < 1.29 is 29.6 Å². The molecule has 0 fully saturated rings. The van der Waals surface area contributed by atoms with Gasteiger partial charge in [-0.25, -0.2) is 0 Å². The SMILES string of the molecule is CCC(C)(C)C(=O)OC.CCC(C)C(=O)O.CCC(C)c1ccc(Cc2cc(O)ccc2O)cc1. The first-order chi connectivity index (χ1) is 16.3. The maximum atomic E-state index is 10.8. The van der Waals surface area contributed by atoms with Crippen LogP contribution in [0.1, 0.15) is 90.3 Å². The van der Waals surface area contributed by atoms with E-state index < -0.39 is 5.97 Å². The molecule has 35 heavy (non-hydrogen) atoms. The van der Waals surface area contributed by atoms with Gasteiger partial charge in [0.1, 0.15) is 11.5 Å². The van der Waals surface area contributed by atoms with Gasteiger partial charge in [-0.2, -0.15) is 0 Å². The molecule has 0 aliphatic carbocycles. The second kappa shape index (κ2) is 15.8. The van der Waals surface area contributed by atoms with Crippen molar-refractivity contribution in [3.8, 4) is 11.5 Å². The van der Waals surface area contributed by atoms with Crippen LogP contribution < -0.4 is 0 Å². The summed E-state index contributed by atoms with van der Waals surface area (Å²) in [6.45, 7) is 13.7. The van der Waals surface area contributed by atoms with Gasteiger partial charge >= 0.3 is 11.9 Å². The Morgan fingerprint density at radius 1 is 0.943 bits per heavy atom. The highest BCUT2D eigenvalue weighted by Gasteiger charge is 2.25. The molecule has 6 nitrogen and oxygen atoms in total. The van der Waals surface area contributed by atoms with Crippen LogP contribution in [0.5, 0.6) is 11.5 Å². The number of esters is 1. The topological polar surface area (TPSA) is 104 Å². The molecule has 0 saturated carbocycles. The zero-order chi connectivity index (χ0) is 27.2. The van der Waals surface area contributed by atoms with Gasteiger partial charge in [0.25, 0.3) is 0 Å². The first-order valence-corrected chi connectivity index (χ1v) is 12.2. The van der Waals surface area contributed by atoms with Crippen LogP contribution in [-0.4, -0.2) is 34.4 Å². The summed E-state index contributed by atoms with van der Waals surface area (Å²) in [5.41, 5.74) is 2.91. The van der Waals surface area contributed by atoms with E-state index in [1.807, 2.05) is 27.7 Å². The van der Waals surface area contributed by atoms with E-state index in [1.165, 1.54) is 24.8 Å². The minimum atomic E-state index is -0.706. The molecule has 0 spiro atoms. The van der Waals surface area contributed by atoms with E-state index in [0.717, 1.165) is 30.4 Å². The number of ether oxygens (including phenoxy) is 1. The third-order valence-electron chi connectivity index (χ3n) is 6.27. The van der Waals surface area contributed by atoms with Crippen molar-refractivity contribution in [2.24, 2.45) is 11.3 Å². The second-order valence-electron chi connectivity index (χ2n) is 9.42. The maximum absolute atomic E-state index is 10.8. The summed E-state index contributed by atoms with van der Waals surface area (Å²) in [6, 6.07) is 13.1. The largest absolute Gasteiger partial charge is 0.508 e. The Morgan fingerprint density at radius 3 is 1.89 bits per heavy atom. The molecule has 2 unspecified atom stereocenters. The van der Waals surface area contributed by atoms with Crippen LogP contribution in [-0.2, 0) is 20.7 Å². The van der Waals surface area contributed by atoms with Crippen LogP contribution in [0.3, 0.4) is 0 Å². The minimum Gasteiger partial charge on any atom is -0.508 e. The Hall–Kier alpha value is -3.02. The fraction of sp³-hybridized carbons (Fsp3) is 0.517. The van der Waals surface area contributed by atoms with Gasteiger partial charge < -0.3 is 20.1 Å². The minimum absolute atomic E-state index is 0.134. The number of carbonyl (C=O) groups is 2. The van der Waals surface area contributed by atoms with E-state index in [0.29, 0.717) is 12.3 Å². The molecule has 0 radical (unpaired) electrons. The Bertz CT molecular complexity index is 902. The zero-order valence-electron chi connectivity index (χ0n) is 22.6. The molecule has 2 aromatic carbocycles. The molecular formula is C29H44O6. The highest BCUT2D eigenvalue weighted by molar-refractivity contribution is 5.75. The molecule has 6 heteroatoms. The van der Waals surface area contributed by atoms with Crippen molar-refractivity contribution in [1.82, 2.24) is 0 Å². The van der Waals surface area contributed by atoms with Crippen LogP contribution in [0.4, 0.5) is 0 Å². The molecule has 0 saturated heterocycles. The molecular weight excluding hydrogens is 444 g/mol. The van der Waals surface area contributed by atoms with E-state index in [4.69, 9.17) is 5.11 Å². The highest BCUT2D eigenvalue weighted by atomic mass is 16.5. The highest BCUT2D eigenvalue weighted by Crippen LogP contribution is 2.26. The lowest BCUT2D eigenvalue weighted by atomic mass is 9.91. The molecule has 0 aliphatic rings. The molecule has 3 N–H and O–H groups in total. The van der Waals surface area contributed by atoms with Crippen molar-refractivity contribution >= 4 is 11.9 Å². The first-order valence-electron chi connectivity index (χ1n) is 12.2. The summed E-state index contributed by atoms with van der Waals surface area (Å²) in [5.74, 6) is -0.0384. The summed E-state index contributed by atoms with van der Waals surface area (Å²) in [6.07, 6.45) is 3.29. The fourth-order valence-corrected chi connectivity index (χ4v) is 2.73. The summed E-state index contributed by atoms with van der Waals surface area (Å²) in [7, 11) is 1.42. The van der Waals surface area contributed by atoms with Crippen molar-refractivity contribution in [3.05, 3.63) is 59.2 Å². The Kier molecular flexibility index (Phi) is 14.4. The van der Waals surface area contributed by atoms with Gasteiger partial charge in [-0.05, 0) is 68.4 Å². The normalized spacial score (nSPS) is 12.2. The molecule has 0 amide bonds. The van der Waals surface area contributed by atoms with E-state index in [-0.39, 0.29) is 28.8 Å². The molecule has 0 aromatic heterocycles. The summed E-state index contributed by atoms with van der Waals surface area (Å²) >= 11 is 0. The number of benzene rings is 2. The summed E-state index contributed by atoms with van der Waals surface area (Å²) in [5, 5.41) is 27.4. The van der Waals surface area contributed by atoms with Crippen molar-refractivity contribution in [2.45, 2.75) is 80.1 Å². The molecule has 2 aromatic rings. The van der Waals surface area contributed by atoms with E-state index in [9.17, 15) is 19.8 Å². The van der Waals surface area contributed by atoms with E-state index in [2.05, 4.69) is 42.8 Å². The number of phenols is 2. The standard InChI is InChI=1S/C17H20O2.C7H14O2.C5H10O2/c1-3-12(2)14-6-4-13(5-7-14)10-15-11-16(18)8-9-17(15)19;1-5-7(2,3)6(8)9-4;1-3-4(2)5(6)7/h4-9,11-12,18-19H,3,10H2,1-2H3;5H2,1-4H3;4H,3H2,1-2H3,(H,6,7). The van der Waals surface area contributed by atoms with Crippen LogP contribution in [0.2, 0.25) is 0 Å². The van der Waals surface area contributed by atoms with Crippen molar-refractivity contribution in [1.29, 1.82) is 0 Å². The smallest absolute Gasteiger partial charge is 0.311 e.